The average Bonchev–Trinajstić information content (AvgIpc) is 3.50. The van der Waals surface area contributed by atoms with E-state index < -0.39 is 17.7 Å². The molecule has 1 aliphatic rings. The maximum atomic E-state index is 13.7. The Morgan fingerprint density at radius 1 is 1.02 bits per heavy atom. The van der Waals surface area contributed by atoms with E-state index in [1.54, 1.807) is 42.5 Å². The number of methoxy groups -OCH3 is 1. The normalized spacial score (nSPS) is 16.4. The van der Waals surface area contributed by atoms with Crippen molar-refractivity contribution in [3.8, 4) is 17.2 Å². The first-order valence-electron chi connectivity index (χ1n) is 13.6. The molecular weight excluding hydrogens is 540 g/mol. The van der Waals surface area contributed by atoms with Crippen LogP contribution in [0.15, 0.2) is 66.2 Å². The number of fused-ring (bicyclic) bond motifs is 1. The summed E-state index contributed by atoms with van der Waals surface area (Å²) in [4.78, 5) is 33.4. The van der Waals surface area contributed by atoms with Crippen LogP contribution in [0.4, 0.5) is 5.13 Å². The standard InChI is InChI=1S/C32H32N2O6S/c1-5-7-15-40-22-10-8-9-21(17-22)29(35)27-28(20-12-14-24(39-6-2)25(18-20)38-4)34(31(37)30(27)36)32-33-23-13-11-19(3)16-26(23)41-32/h8-14,16-18,28,35H,5-7,15H2,1-4H3. The number of ether oxygens (including phenoxy) is 3. The second kappa shape index (κ2) is 12.0. The number of aryl methyl sites for hydroxylation is 1. The van der Waals surface area contributed by atoms with Gasteiger partial charge in [-0.25, -0.2) is 4.98 Å². The van der Waals surface area contributed by atoms with E-state index in [2.05, 4.69) is 6.92 Å². The Labute approximate surface area is 242 Å². The van der Waals surface area contributed by atoms with Crippen LogP contribution in [-0.4, -0.2) is 42.1 Å². The summed E-state index contributed by atoms with van der Waals surface area (Å²) in [7, 11) is 1.53. The molecule has 0 saturated carbocycles. The quantitative estimate of drug-likeness (QED) is 0.0964. The van der Waals surface area contributed by atoms with Gasteiger partial charge in [-0.2, -0.15) is 0 Å². The van der Waals surface area contributed by atoms with Crippen LogP contribution in [0.25, 0.3) is 16.0 Å². The zero-order chi connectivity index (χ0) is 29.1. The molecule has 4 aromatic rings. The number of benzene rings is 3. The van der Waals surface area contributed by atoms with E-state index in [0.717, 1.165) is 28.6 Å². The maximum Gasteiger partial charge on any atom is 0.301 e. The van der Waals surface area contributed by atoms with Crippen molar-refractivity contribution in [1.82, 2.24) is 4.98 Å². The fraction of sp³-hybridized carbons (Fsp3) is 0.281. The number of hydrogen-bond donors (Lipinski definition) is 1. The summed E-state index contributed by atoms with van der Waals surface area (Å²) in [6.07, 6.45) is 1.88. The molecule has 2 heterocycles. The lowest BCUT2D eigenvalue weighted by atomic mass is 9.95. The minimum absolute atomic E-state index is 0.0395. The predicted molar refractivity (Wildman–Crippen MR) is 160 cm³/mol. The van der Waals surface area contributed by atoms with Gasteiger partial charge in [-0.05, 0) is 67.8 Å². The molecule has 8 nitrogen and oxygen atoms in total. The van der Waals surface area contributed by atoms with Gasteiger partial charge in [0.1, 0.15) is 11.5 Å². The van der Waals surface area contributed by atoms with E-state index >= 15 is 0 Å². The number of amides is 1. The number of aliphatic hydroxyl groups excluding tert-OH is 1. The molecule has 9 heteroatoms. The zero-order valence-electron chi connectivity index (χ0n) is 23.5. The number of aromatic nitrogens is 1. The minimum Gasteiger partial charge on any atom is -0.507 e. The van der Waals surface area contributed by atoms with Gasteiger partial charge in [-0.1, -0.05) is 48.9 Å². The second-order valence-electron chi connectivity index (χ2n) is 9.71. The monoisotopic (exact) mass is 572 g/mol. The first-order valence-corrected chi connectivity index (χ1v) is 14.4. The largest absolute Gasteiger partial charge is 0.507 e. The number of thiazole rings is 1. The first-order chi connectivity index (χ1) is 19.9. The Hall–Kier alpha value is -4.37. The number of anilines is 1. The van der Waals surface area contributed by atoms with Crippen molar-refractivity contribution in [3.63, 3.8) is 0 Å². The highest BCUT2D eigenvalue weighted by Gasteiger charge is 2.48. The Balaban J connectivity index is 1.68. The van der Waals surface area contributed by atoms with Crippen LogP contribution in [0.1, 0.15) is 49.4 Å². The van der Waals surface area contributed by atoms with Gasteiger partial charge in [0.05, 0.1) is 42.2 Å². The van der Waals surface area contributed by atoms with E-state index in [0.29, 0.717) is 46.7 Å². The molecule has 0 bridgehead atoms. The van der Waals surface area contributed by atoms with Gasteiger partial charge in [-0.3, -0.25) is 14.5 Å². The van der Waals surface area contributed by atoms with E-state index in [4.69, 9.17) is 19.2 Å². The van der Waals surface area contributed by atoms with Crippen LogP contribution in [0.2, 0.25) is 0 Å². The Morgan fingerprint density at radius 3 is 2.61 bits per heavy atom. The van der Waals surface area contributed by atoms with E-state index in [1.165, 1.54) is 23.3 Å². The summed E-state index contributed by atoms with van der Waals surface area (Å²) in [6.45, 7) is 6.91. The topological polar surface area (TPSA) is 98.2 Å². The molecule has 0 radical (unpaired) electrons. The lowest BCUT2D eigenvalue weighted by Gasteiger charge is -2.24. The average molecular weight is 573 g/mol. The third-order valence-electron chi connectivity index (χ3n) is 6.86. The molecule has 1 saturated heterocycles. The van der Waals surface area contributed by atoms with Crippen LogP contribution < -0.4 is 19.1 Å². The molecule has 1 atom stereocenters. The summed E-state index contributed by atoms with van der Waals surface area (Å²) in [5.74, 6) is -0.313. The highest BCUT2D eigenvalue weighted by molar-refractivity contribution is 7.22. The highest BCUT2D eigenvalue weighted by atomic mass is 32.1. The summed E-state index contributed by atoms with van der Waals surface area (Å²) in [6, 6.07) is 17.0. The van der Waals surface area contributed by atoms with E-state index in [-0.39, 0.29) is 11.3 Å². The SMILES string of the molecule is CCCCOc1cccc(C(O)=C2C(=O)C(=O)N(c3nc4ccc(C)cc4s3)C2c2ccc(OCC)c(OC)c2)c1. The van der Waals surface area contributed by atoms with Crippen LogP contribution in [0.3, 0.4) is 0 Å². The Morgan fingerprint density at radius 2 is 1.85 bits per heavy atom. The lowest BCUT2D eigenvalue weighted by molar-refractivity contribution is -0.132. The third-order valence-corrected chi connectivity index (χ3v) is 7.88. The van der Waals surface area contributed by atoms with Crippen molar-refractivity contribution < 1.29 is 28.9 Å². The second-order valence-corrected chi connectivity index (χ2v) is 10.7. The molecule has 1 N–H and O–H groups in total. The first kappa shape index (κ1) is 28.2. The molecule has 1 fully saturated rings. The van der Waals surface area contributed by atoms with Gasteiger partial charge in [0.15, 0.2) is 16.6 Å². The smallest absolute Gasteiger partial charge is 0.301 e. The van der Waals surface area contributed by atoms with Crippen LogP contribution in [-0.2, 0) is 9.59 Å². The van der Waals surface area contributed by atoms with Crippen molar-refractivity contribution in [2.75, 3.05) is 25.2 Å². The fourth-order valence-corrected chi connectivity index (χ4v) is 5.91. The number of ketones is 1. The molecule has 1 unspecified atom stereocenters. The summed E-state index contributed by atoms with van der Waals surface area (Å²) in [5.41, 5.74) is 2.68. The third kappa shape index (κ3) is 5.50. The number of carbonyl (C=O) groups excluding carboxylic acids is 2. The molecule has 0 aliphatic carbocycles. The molecule has 212 valence electrons. The molecule has 41 heavy (non-hydrogen) atoms. The van der Waals surface area contributed by atoms with Gasteiger partial charge >= 0.3 is 5.91 Å². The van der Waals surface area contributed by atoms with Crippen LogP contribution >= 0.6 is 11.3 Å². The number of nitrogens with zero attached hydrogens (tertiary/aromatic N) is 2. The maximum absolute atomic E-state index is 13.7. The molecule has 1 aromatic heterocycles. The molecular formula is C32H32N2O6S. The van der Waals surface area contributed by atoms with Crippen molar-refractivity contribution in [3.05, 3.63) is 82.9 Å². The number of carbonyl (C=O) groups is 2. The molecule has 1 amide bonds. The van der Waals surface area contributed by atoms with Crippen molar-refractivity contribution >= 4 is 44.1 Å². The Bertz CT molecular complexity index is 1640. The number of aliphatic hydroxyl groups is 1. The van der Waals surface area contributed by atoms with Crippen molar-refractivity contribution in [2.45, 2.75) is 39.7 Å². The van der Waals surface area contributed by atoms with Gasteiger partial charge in [0, 0.05) is 5.56 Å². The number of hydrogen-bond acceptors (Lipinski definition) is 8. The zero-order valence-corrected chi connectivity index (χ0v) is 24.3. The van der Waals surface area contributed by atoms with Crippen LogP contribution in [0, 0.1) is 6.92 Å². The minimum atomic E-state index is -0.953. The van der Waals surface area contributed by atoms with E-state index in [9.17, 15) is 14.7 Å². The summed E-state index contributed by atoms with van der Waals surface area (Å²) >= 11 is 1.32. The predicted octanol–water partition coefficient (Wildman–Crippen LogP) is 6.82. The van der Waals surface area contributed by atoms with Gasteiger partial charge < -0.3 is 19.3 Å². The van der Waals surface area contributed by atoms with Gasteiger partial charge in [0.25, 0.3) is 5.78 Å². The summed E-state index contributed by atoms with van der Waals surface area (Å²) in [5, 5.41) is 12.0. The van der Waals surface area contributed by atoms with Crippen molar-refractivity contribution in [1.29, 1.82) is 0 Å². The Kier molecular flexibility index (Phi) is 8.26. The molecule has 0 spiro atoms. The summed E-state index contributed by atoms with van der Waals surface area (Å²) < 4.78 is 18.0. The number of rotatable bonds is 10. The highest BCUT2D eigenvalue weighted by Crippen LogP contribution is 2.46. The van der Waals surface area contributed by atoms with Crippen molar-refractivity contribution in [2.24, 2.45) is 0 Å². The van der Waals surface area contributed by atoms with Gasteiger partial charge in [-0.15, -0.1) is 0 Å². The fourth-order valence-electron chi connectivity index (χ4n) is 4.82. The number of unbranched alkanes of at least 4 members (excludes halogenated alkanes) is 1. The van der Waals surface area contributed by atoms with Crippen LogP contribution in [0.5, 0.6) is 17.2 Å². The molecule has 3 aromatic carbocycles. The number of Topliss-reactive ketones (excluding diaryl/α,β-unsaturated/α-hetero) is 1. The molecule has 5 rings (SSSR count). The van der Waals surface area contributed by atoms with Gasteiger partial charge in [0.2, 0.25) is 0 Å². The lowest BCUT2D eigenvalue weighted by Crippen LogP contribution is -2.29. The van der Waals surface area contributed by atoms with E-state index in [1.807, 2.05) is 32.0 Å². The molecule has 1 aliphatic heterocycles.